The topological polar surface area (TPSA) is 57.2 Å². The number of hydrogen-bond donors (Lipinski definition) is 0. The molecule has 0 aliphatic carbocycles. The van der Waals surface area contributed by atoms with Gasteiger partial charge in [0.05, 0.1) is 25.3 Å². The molecule has 0 saturated carbocycles. The Morgan fingerprint density at radius 1 is 0.697 bits per heavy atom. The first-order valence-corrected chi connectivity index (χ1v) is 10.9. The van der Waals surface area contributed by atoms with Gasteiger partial charge in [-0.25, -0.2) is 0 Å². The van der Waals surface area contributed by atoms with Crippen LogP contribution in [-0.4, -0.2) is 36.2 Å². The minimum Gasteiger partial charge on any atom is -0.497 e. The van der Waals surface area contributed by atoms with Gasteiger partial charge in [0.1, 0.15) is 11.5 Å². The fourth-order valence-electron chi connectivity index (χ4n) is 3.81. The summed E-state index contributed by atoms with van der Waals surface area (Å²) < 4.78 is 10.6. The van der Waals surface area contributed by atoms with E-state index in [0.717, 1.165) is 39.2 Å². The molecule has 0 fully saturated rings. The van der Waals surface area contributed by atoms with E-state index in [9.17, 15) is 5.21 Å². The summed E-state index contributed by atoms with van der Waals surface area (Å²) in [5, 5.41) is 14.0. The van der Waals surface area contributed by atoms with Crippen molar-refractivity contribution < 1.29 is 14.7 Å². The second-order valence-electron chi connectivity index (χ2n) is 9.13. The molecule has 0 N–H and O–H groups in total. The Morgan fingerprint density at radius 2 is 1.09 bits per heavy atom. The molecule has 33 heavy (non-hydrogen) atoms. The Morgan fingerprint density at radius 3 is 1.42 bits per heavy atom. The molecule has 6 nitrogen and oxygen atoms in total. The fourth-order valence-corrected chi connectivity index (χ4v) is 3.81. The molecule has 4 rings (SSSR count). The summed E-state index contributed by atoms with van der Waals surface area (Å²) >= 11 is 0. The van der Waals surface area contributed by atoms with Crippen LogP contribution in [-0.2, 0) is 5.21 Å². The maximum absolute atomic E-state index is 13.0. The first-order valence-electron chi connectivity index (χ1n) is 10.9. The fraction of sp³-hybridized carbons (Fsp3) is 0.296. The van der Waals surface area contributed by atoms with Gasteiger partial charge < -0.3 is 14.4 Å². The highest BCUT2D eigenvalue weighted by atomic mass is 16.5. The Balaban J connectivity index is 1.73. The lowest BCUT2D eigenvalue weighted by molar-refractivity contribution is -0.158. The third-order valence-electron chi connectivity index (χ3n) is 6.63. The van der Waals surface area contributed by atoms with Crippen LogP contribution in [0.1, 0.15) is 33.3 Å². The molecule has 1 aliphatic rings. The number of hydroxylamine groups is 2. The van der Waals surface area contributed by atoms with E-state index in [1.807, 2.05) is 100 Å². The molecular weight excluding hydrogens is 414 g/mol. The third kappa shape index (κ3) is 4.02. The lowest BCUT2D eigenvalue weighted by atomic mass is 9.84. The minimum absolute atomic E-state index is 0.469. The summed E-state index contributed by atoms with van der Waals surface area (Å²) in [7, 11) is 3.31. The maximum Gasteiger partial charge on any atom is 0.159 e. The van der Waals surface area contributed by atoms with Crippen molar-refractivity contribution in [1.82, 2.24) is 5.06 Å². The zero-order chi connectivity index (χ0) is 23.8. The molecule has 171 valence electrons. The number of nitrogens with zero attached hydrogens (tertiary/aromatic N) is 3. The Kier molecular flexibility index (Phi) is 5.80. The highest BCUT2D eigenvalue weighted by molar-refractivity contribution is 6.00. The average molecular weight is 445 g/mol. The highest BCUT2D eigenvalue weighted by Crippen LogP contribution is 2.39. The maximum atomic E-state index is 13.0. The second kappa shape index (κ2) is 8.45. The van der Waals surface area contributed by atoms with Crippen LogP contribution in [0.5, 0.6) is 11.5 Å². The Hall–Kier alpha value is -3.51. The number of methoxy groups -OCH3 is 2. The van der Waals surface area contributed by atoms with Gasteiger partial charge in [0.2, 0.25) is 0 Å². The van der Waals surface area contributed by atoms with Gasteiger partial charge >= 0.3 is 0 Å². The number of hydrogen-bond acceptors (Lipinski definition) is 5. The van der Waals surface area contributed by atoms with Crippen LogP contribution in [0, 0.1) is 0 Å². The normalized spacial score (nSPS) is 16.3. The van der Waals surface area contributed by atoms with E-state index in [1.165, 1.54) is 0 Å². The van der Waals surface area contributed by atoms with Crippen LogP contribution in [0.3, 0.4) is 0 Å². The molecule has 0 amide bonds. The highest BCUT2D eigenvalue weighted by Gasteiger charge is 2.50. The summed E-state index contributed by atoms with van der Waals surface area (Å²) in [5.74, 6) is 2.06. The van der Waals surface area contributed by atoms with E-state index in [-0.39, 0.29) is 0 Å². The summed E-state index contributed by atoms with van der Waals surface area (Å²) in [6.07, 6.45) is 0. The van der Waals surface area contributed by atoms with Gasteiger partial charge in [0.25, 0.3) is 0 Å². The smallest absolute Gasteiger partial charge is 0.159 e. The zero-order valence-corrected chi connectivity index (χ0v) is 20.0. The molecule has 0 unspecified atom stereocenters. The van der Waals surface area contributed by atoms with Crippen molar-refractivity contribution in [3.05, 3.63) is 78.4 Å². The predicted octanol–water partition coefficient (Wildman–Crippen LogP) is 6.14. The standard InChI is InChI=1S/C27H30N3O3/c1-26(2)27(3,4)30(31)25(28-26)19-7-9-20(10-8-19)29(21-11-15-23(32-5)16-12-21)22-13-17-24(33-6)18-14-22/h7-18H,1-6H3. The Bertz CT molecular complexity index is 1090. The van der Waals surface area contributed by atoms with Crippen molar-refractivity contribution in [2.75, 3.05) is 19.1 Å². The van der Waals surface area contributed by atoms with Crippen molar-refractivity contribution in [2.24, 2.45) is 4.99 Å². The van der Waals surface area contributed by atoms with Crippen molar-refractivity contribution >= 4 is 22.9 Å². The van der Waals surface area contributed by atoms with Crippen LogP contribution < -0.4 is 14.4 Å². The molecule has 1 heterocycles. The molecule has 0 saturated heterocycles. The first kappa shape index (κ1) is 22.7. The van der Waals surface area contributed by atoms with Gasteiger partial charge in [-0.1, -0.05) is 5.21 Å². The van der Waals surface area contributed by atoms with Gasteiger partial charge in [0.15, 0.2) is 5.84 Å². The van der Waals surface area contributed by atoms with Gasteiger partial charge in [-0.15, -0.1) is 0 Å². The summed E-state index contributed by atoms with van der Waals surface area (Å²) in [4.78, 5) is 6.88. The summed E-state index contributed by atoms with van der Waals surface area (Å²) in [5.41, 5.74) is 2.65. The van der Waals surface area contributed by atoms with Gasteiger partial charge in [0, 0.05) is 22.6 Å². The summed E-state index contributed by atoms with van der Waals surface area (Å²) in [6.45, 7) is 7.85. The van der Waals surface area contributed by atoms with Gasteiger partial charge in [-0.05, 0) is 100 Å². The van der Waals surface area contributed by atoms with Crippen molar-refractivity contribution in [3.8, 4) is 11.5 Å². The van der Waals surface area contributed by atoms with Gasteiger partial charge in [-0.3, -0.25) is 4.99 Å². The molecule has 3 aromatic rings. The van der Waals surface area contributed by atoms with E-state index < -0.39 is 11.1 Å². The number of amidine groups is 1. The molecule has 0 aromatic heterocycles. The van der Waals surface area contributed by atoms with Crippen molar-refractivity contribution in [3.63, 3.8) is 0 Å². The predicted molar refractivity (Wildman–Crippen MR) is 131 cm³/mol. The van der Waals surface area contributed by atoms with E-state index in [4.69, 9.17) is 14.5 Å². The monoisotopic (exact) mass is 444 g/mol. The van der Waals surface area contributed by atoms with Crippen LogP contribution in [0.2, 0.25) is 0 Å². The second-order valence-corrected chi connectivity index (χ2v) is 9.13. The van der Waals surface area contributed by atoms with E-state index in [0.29, 0.717) is 5.84 Å². The Labute approximate surface area is 195 Å². The van der Waals surface area contributed by atoms with Crippen LogP contribution in [0.4, 0.5) is 17.1 Å². The van der Waals surface area contributed by atoms with Crippen LogP contribution in [0.15, 0.2) is 77.8 Å². The number of ether oxygens (including phenoxy) is 2. The minimum atomic E-state index is -0.612. The number of anilines is 3. The molecule has 6 heteroatoms. The molecule has 3 aromatic carbocycles. The molecule has 1 radical (unpaired) electrons. The van der Waals surface area contributed by atoms with Crippen molar-refractivity contribution in [2.45, 2.75) is 38.8 Å². The summed E-state index contributed by atoms with van der Waals surface area (Å²) in [6, 6.07) is 23.7. The van der Waals surface area contributed by atoms with E-state index in [2.05, 4.69) is 4.90 Å². The van der Waals surface area contributed by atoms with E-state index in [1.54, 1.807) is 14.2 Å². The van der Waals surface area contributed by atoms with Crippen molar-refractivity contribution in [1.29, 1.82) is 0 Å². The largest absolute Gasteiger partial charge is 0.497 e. The SMILES string of the molecule is COc1ccc(N(c2ccc(OC)cc2)c2ccc(C3=NC(C)(C)C(C)(C)N3[O])cc2)cc1. The molecule has 1 aliphatic heterocycles. The third-order valence-corrected chi connectivity index (χ3v) is 6.63. The van der Waals surface area contributed by atoms with Gasteiger partial charge in [-0.2, -0.15) is 5.06 Å². The molecule has 0 atom stereocenters. The zero-order valence-electron chi connectivity index (χ0n) is 20.0. The van der Waals surface area contributed by atoms with Crippen LogP contribution in [0.25, 0.3) is 0 Å². The average Bonchev–Trinajstić information content (AvgIpc) is 2.99. The number of benzene rings is 3. The number of rotatable bonds is 6. The molecule has 0 spiro atoms. The lowest BCUT2D eigenvalue weighted by Gasteiger charge is -2.35. The lowest BCUT2D eigenvalue weighted by Crippen LogP contribution is -2.50. The first-order chi connectivity index (χ1) is 15.7. The molecule has 0 bridgehead atoms. The number of aliphatic imine (C=N–C) groups is 1. The molecular formula is C27H30N3O3. The van der Waals surface area contributed by atoms with E-state index >= 15 is 0 Å². The quantitative estimate of drug-likeness (QED) is 0.458. The van der Waals surface area contributed by atoms with Crippen LogP contribution >= 0.6 is 0 Å².